The lowest BCUT2D eigenvalue weighted by Crippen LogP contribution is -2.14. The lowest BCUT2D eigenvalue weighted by molar-refractivity contribution is 0.167. The van der Waals surface area contributed by atoms with Gasteiger partial charge in [0.15, 0.2) is 0 Å². The summed E-state index contributed by atoms with van der Waals surface area (Å²) in [6.07, 6.45) is -0.584. The molecule has 0 bridgehead atoms. The minimum Gasteiger partial charge on any atom is -0.450 e. The van der Waals surface area contributed by atoms with E-state index in [4.69, 9.17) is 9.57 Å². The van der Waals surface area contributed by atoms with Crippen molar-refractivity contribution in [2.45, 2.75) is 6.92 Å². The van der Waals surface area contributed by atoms with E-state index in [0.29, 0.717) is 22.3 Å². The van der Waals surface area contributed by atoms with Crippen LogP contribution in [-0.4, -0.2) is 35.5 Å². The molecule has 0 saturated carbocycles. The molecule has 0 aliphatic carbocycles. The second-order valence-corrected chi connectivity index (χ2v) is 5.29. The van der Waals surface area contributed by atoms with Gasteiger partial charge in [0.2, 0.25) is 5.95 Å². The maximum atomic E-state index is 13.2. The van der Waals surface area contributed by atoms with Gasteiger partial charge in [0.1, 0.15) is 18.6 Å². The maximum Gasteiger partial charge on any atom is 0.413 e. The predicted molar refractivity (Wildman–Crippen MR) is 95.8 cm³/mol. The summed E-state index contributed by atoms with van der Waals surface area (Å²) in [6, 6.07) is 11.4. The highest BCUT2D eigenvalue weighted by Crippen LogP contribution is 2.19. The molecule has 0 aliphatic heterocycles. The summed E-state index contributed by atoms with van der Waals surface area (Å²) in [5.74, 6) is -0.0492. The number of nitrogens with one attached hydrogen (secondary N) is 2. The first-order chi connectivity index (χ1) is 12.6. The summed E-state index contributed by atoms with van der Waals surface area (Å²) in [5.41, 5.74) is 3.36. The van der Waals surface area contributed by atoms with Gasteiger partial charge in [0.25, 0.3) is 0 Å². The lowest BCUT2D eigenvalue weighted by Gasteiger charge is -2.06. The fourth-order valence-corrected chi connectivity index (χ4v) is 2.45. The summed E-state index contributed by atoms with van der Waals surface area (Å²) in [7, 11) is 1.44. The van der Waals surface area contributed by atoms with Crippen molar-refractivity contribution in [2.24, 2.45) is 5.16 Å². The van der Waals surface area contributed by atoms with Crippen molar-refractivity contribution in [1.29, 1.82) is 0 Å². The maximum absolute atomic E-state index is 13.2. The Morgan fingerprint density at radius 2 is 1.96 bits per heavy atom. The van der Waals surface area contributed by atoms with Crippen LogP contribution in [0, 0.1) is 5.82 Å². The molecular formula is C18H17FN4O3. The molecule has 0 atom stereocenters. The van der Waals surface area contributed by atoms with E-state index in [9.17, 15) is 9.18 Å². The zero-order chi connectivity index (χ0) is 18.5. The molecular weight excluding hydrogens is 339 g/mol. The number of oxime groups is 1. The molecule has 26 heavy (non-hydrogen) atoms. The van der Waals surface area contributed by atoms with Crippen molar-refractivity contribution in [1.82, 2.24) is 9.97 Å². The third-order valence-corrected chi connectivity index (χ3v) is 3.55. The normalized spacial score (nSPS) is 11.4. The standard InChI is InChI=1S/C18H17FN4O3/c1-3-26-18(24)22-17-20-14-9-6-12(10-15(14)21-17)16(23-25-2)11-4-7-13(19)8-5-11/h4-10H,3H2,1-2H3,(H2,20,21,22,24). The fraction of sp³-hybridized carbons (Fsp3) is 0.167. The van der Waals surface area contributed by atoms with Crippen molar-refractivity contribution in [3.63, 3.8) is 0 Å². The van der Waals surface area contributed by atoms with Crippen LogP contribution in [0.25, 0.3) is 11.0 Å². The SMILES string of the molecule is CCOC(=O)Nc1nc2ccc(C(=NOC)c3ccc(F)cc3)cc2[nH]1. The first kappa shape index (κ1) is 17.4. The number of hydrogen-bond acceptors (Lipinski definition) is 5. The van der Waals surface area contributed by atoms with E-state index in [0.717, 1.165) is 5.56 Å². The second kappa shape index (κ2) is 7.64. The number of ether oxygens (including phenoxy) is 1. The number of H-pyrrole nitrogens is 1. The van der Waals surface area contributed by atoms with E-state index in [2.05, 4.69) is 20.4 Å². The van der Waals surface area contributed by atoms with Crippen molar-refractivity contribution in [3.8, 4) is 0 Å². The first-order valence-electron chi connectivity index (χ1n) is 7.91. The number of carbonyl (C=O) groups is 1. The Morgan fingerprint density at radius 1 is 1.23 bits per heavy atom. The molecule has 1 amide bonds. The Morgan fingerprint density at radius 3 is 2.65 bits per heavy atom. The van der Waals surface area contributed by atoms with Crippen molar-refractivity contribution in [2.75, 3.05) is 19.0 Å². The molecule has 7 nitrogen and oxygen atoms in total. The highest BCUT2D eigenvalue weighted by Gasteiger charge is 2.12. The van der Waals surface area contributed by atoms with Gasteiger partial charge in [-0.25, -0.2) is 14.2 Å². The van der Waals surface area contributed by atoms with Gasteiger partial charge >= 0.3 is 6.09 Å². The molecule has 0 radical (unpaired) electrons. The monoisotopic (exact) mass is 356 g/mol. The van der Waals surface area contributed by atoms with Crippen LogP contribution in [0.1, 0.15) is 18.1 Å². The largest absolute Gasteiger partial charge is 0.450 e. The van der Waals surface area contributed by atoms with E-state index in [-0.39, 0.29) is 18.4 Å². The molecule has 2 N–H and O–H groups in total. The van der Waals surface area contributed by atoms with E-state index in [1.807, 2.05) is 12.1 Å². The van der Waals surface area contributed by atoms with Crippen LogP contribution in [0.2, 0.25) is 0 Å². The molecule has 8 heteroatoms. The van der Waals surface area contributed by atoms with Crippen LogP contribution in [0.3, 0.4) is 0 Å². The zero-order valence-corrected chi connectivity index (χ0v) is 14.2. The number of amides is 1. The van der Waals surface area contributed by atoms with E-state index < -0.39 is 6.09 Å². The number of halogens is 1. The molecule has 0 unspecified atom stereocenters. The zero-order valence-electron chi connectivity index (χ0n) is 14.2. The van der Waals surface area contributed by atoms with Gasteiger partial charge in [0.05, 0.1) is 17.6 Å². The average Bonchev–Trinajstić information content (AvgIpc) is 3.02. The number of aromatic nitrogens is 2. The highest BCUT2D eigenvalue weighted by molar-refractivity contribution is 6.13. The number of fused-ring (bicyclic) bond motifs is 1. The number of carbonyl (C=O) groups excluding carboxylic acids is 1. The average molecular weight is 356 g/mol. The van der Waals surface area contributed by atoms with Crippen molar-refractivity contribution < 1.29 is 18.8 Å². The third-order valence-electron chi connectivity index (χ3n) is 3.55. The van der Waals surface area contributed by atoms with E-state index in [1.54, 1.807) is 25.1 Å². The van der Waals surface area contributed by atoms with Crippen molar-refractivity contribution in [3.05, 3.63) is 59.4 Å². The van der Waals surface area contributed by atoms with E-state index >= 15 is 0 Å². The Balaban J connectivity index is 1.94. The number of rotatable bonds is 5. The summed E-state index contributed by atoms with van der Waals surface area (Å²) >= 11 is 0. The molecule has 134 valence electrons. The summed E-state index contributed by atoms with van der Waals surface area (Å²) in [6.45, 7) is 1.99. The van der Waals surface area contributed by atoms with Gasteiger partial charge in [-0.05, 0) is 43.3 Å². The van der Waals surface area contributed by atoms with Gasteiger partial charge in [-0.1, -0.05) is 11.2 Å². The van der Waals surface area contributed by atoms with Crippen LogP contribution in [0.4, 0.5) is 15.1 Å². The summed E-state index contributed by atoms with van der Waals surface area (Å²) < 4.78 is 18.0. The number of nitrogens with zero attached hydrogens (tertiary/aromatic N) is 2. The van der Waals surface area contributed by atoms with Crippen molar-refractivity contribution >= 4 is 28.8 Å². The fourth-order valence-electron chi connectivity index (χ4n) is 2.45. The topological polar surface area (TPSA) is 88.6 Å². The third kappa shape index (κ3) is 3.80. The van der Waals surface area contributed by atoms with Crippen LogP contribution >= 0.6 is 0 Å². The summed E-state index contributed by atoms with van der Waals surface area (Å²) in [4.78, 5) is 23.7. The Hall–Kier alpha value is -3.42. The second-order valence-electron chi connectivity index (χ2n) is 5.29. The number of anilines is 1. The lowest BCUT2D eigenvalue weighted by atomic mass is 10.0. The molecule has 0 spiro atoms. The Labute approximate surface area is 148 Å². The molecule has 0 fully saturated rings. The number of imidazole rings is 1. The smallest absolute Gasteiger partial charge is 0.413 e. The van der Waals surface area contributed by atoms with Crippen LogP contribution in [0.5, 0.6) is 0 Å². The minimum absolute atomic E-state index is 0.269. The van der Waals surface area contributed by atoms with Gasteiger partial charge in [0, 0.05) is 11.1 Å². The Kier molecular flexibility index (Phi) is 5.12. The quantitative estimate of drug-likeness (QED) is 0.539. The highest BCUT2D eigenvalue weighted by atomic mass is 19.1. The Bertz CT molecular complexity index is 951. The molecule has 1 aromatic heterocycles. The molecule has 1 heterocycles. The van der Waals surface area contributed by atoms with Gasteiger partial charge < -0.3 is 14.6 Å². The van der Waals surface area contributed by atoms with Crippen LogP contribution < -0.4 is 5.32 Å². The summed E-state index contributed by atoms with van der Waals surface area (Å²) in [5, 5.41) is 6.57. The number of hydrogen-bond donors (Lipinski definition) is 2. The van der Waals surface area contributed by atoms with Crippen LogP contribution in [-0.2, 0) is 9.57 Å². The van der Waals surface area contributed by atoms with Gasteiger partial charge in [-0.15, -0.1) is 0 Å². The molecule has 0 saturated heterocycles. The molecule has 3 aromatic rings. The van der Waals surface area contributed by atoms with E-state index in [1.165, 1.54) is 19.2 Å². The predicted octanol–water partition coefficient (Wildman–Crippen LogP) is 3.67. The minimum atomic E-state index is -0.584. The first-order valence-corrected chi connectivity index (χ1v) is 7.91. The van der Waals surface area contributed by atoms with Gasteiger partial charge in [-0.2, -0.15) is 0 Å². The molecule has 3 rings (SSSR count). The van der Waals surface area contributed by atoms with Crippen LogP contribution in [0.15, 0.2) is 47.6 Å². The number of benzene rings is 2. The molecule has 0 aliphatic rings. The molecule has 2 aromatic carbocycles. The number of aromatic amines is 1. The van der Waals surface area contributed by atoms with Gasteiger partial charge in [-0.3, -0.25) is 5.32 Å².